The predicted octanol–water partition coefficient (Wildman–Crippen LogP) is 4.27. The van der Waals surface area contributed by atoms with Crippen LogP contribution in [0, 0.1) is 13.8 Å². The van der Waals surface area contributed by atoms with Crippen LogP contribution in [0.1, 0.15) is 41.9 Å². The molecule has 200 valence electrons. The largest absolute Gasteiger partial charge is 0.466 e. The van der Waals surface area contributed by atoms with E-state index in [0.717, 1.165) is 33.9 Å². The molecule has 5 rings (SSSR count). The normalized spacial score (nSPS) is 15.2. The molecular weight excluding hydrogens is 508 g/mol. The number of thiazole rings is 1. The number of allylic oxidation sites excluding steroid dienone is 1. The first kappa shape index (κ1) is 26.4. The molecular formula is C31H32N4O3S. The van der Waals surface area contributed by atoms with E-state index < -0.39 is 12.0 Å². The molecule has 2 aromatic carbocycles. The number of fused-ring (bicyclic) bond motifs is 1. The second-order valence-corrected chi connectivity index (χ2v) is 10.8. The zero-order valence-electron chi connectivity index (χ0n) is 23.1. The first-order valence-electron chi connectivity index (χ1n) is 12.9. The first-order chi connectivity index (χ1) is 18.7. The molecule has 1 aliphatic rings. The zero-order chi connectivity index (χ0) is 27.8. The summed E-state index contributed by atoms with van der Waals surface area (Å²) < 4.78 is 9.54. The van der Waals surface area contributed by atoms with Gasteiger partial charge in [-0.05, 0) is 67.8 Å². The number of anilines is 1. The van der Waals surface area contributed by atoms with E-state index in [4.69, 9.17) is 9.73 Å². The van der Waals surface area contributed by atoms with Crippen LogP contribution in [0.4, 0.5) is 5.69 Å². The predicted molar refractivity (Wildman–Crippen MR) is 156 cm³/mol. The lowest BCUT2D eigenvalue weighted by molar-refractivity contribution is -0.136. The van der Waals surface area contributed by atoms with Crippen LogP contribution in [0.3, 0.4) is 0 Å². The molecule has 0 N–H and O–H groups in total. The van der Waals surface area contributed by atoms with Gasteiger partial charge >= 0.3 is 5.97 Å². The highest BCUT2D eigenvalue weighted by Crippen LogP contribution is 2.31. The molecule has 0 aliphatic carbocycles. The molecule has 0 saturated heterocycles. The van der Waals surface area contributed by atoms with Crippen molar-refractivity contribution in [2.45, 2.75) is 33.2 Å². The Labute approximate surface area is 231 Å². The van der Waals surface area contributed by atoms with Crippen LogP contribution in [0.5, 0.6) is 0 Å². The third-order valence-corrected chi connectivity index (χ3v) is 8.13. The van der Waals surface area contributed by atoms with E-state index in [1.807, 2.05) is 57.4 Å². The van der Waals surface area contributed by atoms with E-state index >= 15 is 0 Å². The Morgan fingerprint density at radius 1 is 1.10 bits per heavy atom. The van der Waals surface area contributed by atoms with E-state index in [1.54, 1.807) is 4.57 Å². The van der Waals surface area contributed by atoms with Crippen molar-refractivity contribution in [2.24, 2.45) is 4.99 Å². The van der Waals surface area contributed by atoms with Crippen molar-refractivity contribution in [3.05, 3.63) is 114 Å². The molecule has 7 nitrogen and oxygen atoms in total. The fourth-order valence-corrected chi connectivity index (χ4v) is 6.20. The van der Waals surface area contributed by atoms with Crippen molar-refractivity contribution in [3.8, 4) is 5.69 Å². The van der Waals surface area contributed by atoms with Crippen molar-refractivity contribution in [1.29, 1.82) is 0 Å². The van der Waals surface area contributed by atoms with Crippen molar-refractivity contribution < 1.29 is 9.53 Å². The molecule has 1 aliphatic heterocycles. The SMILES string of the molecule is CCC1=C(C(=O)OC)[C@H](c2ccccc2)n2c(s/c(=C\c3cc(C)n(-c4ccc(N(C)C)cc4)c3C)c2=O)=N1. The van der Waals surface area contributed by atoms with Crippen LogP contribution in [0.25, 0.3) is 11.8 Å². The van der Waals surface area contributed by atoms with Crippen LogP contribution < -0.4 is 19.8 Å². The van der Waals surface area contributed by atoms with Gasteiger partial charge in [0, 0.05) is 36.9 Å². The highest BCUT2D eigenvalue weighted by atomic mass is 32.1. The number of methoxy groups -OCH3 is 1. The zero-order valence-corrected chi connectivity index (χ0v) is 23.9. The van der Waals surface area contributed by atoms with Gasteiger partial charge in [0.1, 0.15) is 0 Å². The number of ether oxygens (including phenoxy) is 1. The van der Waals surface area contributed by atoms with E-state index in [9.17, 15) is 9.59 Å². The van der Waals surface area contributed by atoms with Gasteiger partial charge in [0.25, 0.3) is 5.56 Å². The standard InChI is InChI=1S/C31H32N4O3S/c1-7-25-27(30(37)38-6)28(21-11-9-8-10-12-21)35-29(36)26(39-31(35)32-25)18-22-17-19(2)34(20(22)3)24-15-13-23(14-16-24)33(4)5/h8-18,28H,7H2,1-6H3/b26-18-/t28-/m0/s1. The van der Waals surface area contributed by atoms with Crippen LogP contribution in [0.2, 0.25) is 0 Å². The summed E-state index contributed by atoms with van der Waals surface area (Å²) in [6, 6.07) is 19.5. The molecule has 0 fully saturated rings. The Morgan fingerprint density at radius 2 is 1.79 bits per heavy atom. The van der Waals surface area contributed by atoms with Crippen molar-refractivity contribution in [2.75, 3.05) is 26.1 Å². The second-order valence-electron chi connectivity index (χ2n) is 9.77. The minimum Gasteiger partial charge on any atom is -0.466 e. The maximum absolute atomic E-state index is 13.9. The smallest absolute Gasteiger partial charge is 0.338 e. The van der Waals surface area contributed by atoms with E-state index in [0.29, 0.717) is 27.0 Å². The van der Waals surface area contributed by atoms with Gasteiger partial charge in [-0.2, -0.15) is 0 Å². The molecule has 1 atom stereocenters. The Morgan fingerprint density at radius 3 is 2.41 bits per heavy atom. The van der Waals surface area contributed by atoms with Gasteiger partial charge in [-0.15, -0.1) is 0 Å². The summed E-state index contributed by atoms with van der Waals surface area (Å²) in [5, 5.41) is 0. The summed E-state index contributed by atoms with van der Waals surface area (Å²) in [7, 11) is 5.41. The molecule has 8 heteroatoms. The lowest BCUT2D eigenvalue weighted by Gasteiger charge is -2.25. The Bertz CT molecular complexity index is 1760. The molecule has 3 heterocycles. The number of hydrogen-bond donors (Lipinski definition) is 0. The van der Waals surface area contributed by atoms with Gasteiger partial charge < -0.3 is 14.2 Å². The number of carbonyl (C=O) groups is 1. The molecule has 0 radical (unpaired) electrons. The molecule has 0 bridgehead atoms. The summed E-state index contributed by atoms with van der Waals surface area (Å²) in [4.78, 5) is 34.3. The second kappa shape index (κ2) is 10.5. The minimum absolute atomic E-state index is 0.177. The molecule has 0 saturated carbocycles. The van der Waals surface area contributed by atoms with Crippen LogP contribution in [-0.2, 0) is 9.53 Å². The average molecular weight is 541 g/mol. The van der Waals surface area contributed by atoms with Gasteiger partial charge in [-0.25, -0.2) is 9.79 Å². The molecule has 4 aromatic rings. The summed E-state index contributed by atoms with van der Waals surface area (Å²) in [6.45, 7) is 6.09. The van der Waals surface area contributed by atoms with Crippen LogP contribution in [-0.4, -0.2) is 36.3 Å². The highest BCUT2D eigenvalue weighted by molar-refractivity contribution is 7.07. The van der Waals surface area contributed by atoms with Gasteiger partial charge in [0.2, 0.25) is 0 Å². The van der Waals surface area contributed by atoms with E-state index in [2.05, 4.69) is 53.6 Å². The third-order valence-electron chi connectivity index (χ3n) is 7.15. The van der Waals surface area contributed by atoms with Gasteiger partial charge in [0.15, 0.2) is 4.80 Å². The van der Waals surface area contributed by atoms with E-state index in [-0.39, 0.29) is 5.56 Å². The number of esters is 1. The van der Waals surface area contributed by atoms with Gasteiger partial charge in [-0.3, -0.25) is 9.36 Å². The number of aryl methyl sites for hydroxylation is 1. The monoisotopic (exact) mass is 540 g/mol. The molecule has 39 heavy (non-hydrogen) atoms. The van der Waals surface area contributed by atoms with Gasteiger partial charge in [0.05, 0.1) is 29.0 Å². The third kappa shape index (κ3) is 4.65. The maximum Gasteiger partial charge on any atom is 0.338 e. The van der Waals surface area contributed by atoms with Gasteiger partial charge in [-0.1, -0.05) is 48.6 Å². The fraction of sp³-hybridized carbons (Fsp3) is 0.258. The van der Waals surface area contributed by atoms with Crippen LogP contribution >= 0.6 is 11.3 Å². The summed E-state index contributed by atoms with van der Waals surface area (Å²) >= 11 is 1.35. The van der Waals surface area contributed by atoms with Crippen molar-refractivity contribution in [3.63, 3.8) is 0 Å². The maximum atomic E-state index is 13.9. The van der Waals surface area contributed by atoms with E-state index in [1.165, 1.54) is 18.4 Å². The molecule has 0 amide bonds. The molecule has 0 spiro atoms. The Balaban J connectivity index is 1.67. The quantitative estimate of drug-likeness (QED) is 0.343. The average Bonchev–Trinajstić information content (AvgIpc) is 3.41. The summed E-state index contributed by atoms with van der Waals surface area (Å²) in [5.41, 5.74) is 6.99. The van der Waals surface area contributed by atoms with Crippen LogP contribution in [0.15, 0.2) is 81.7 Å². The number of nitrogens with zero attached hydrogens (tertiary/aromatic N) is 4. The lowest BCUT2D eigenvalue weighted by Crippen LogP contribution is -2.40. The number of benzene rings is 2. The number of aromatic nitrogens is 2. The minimum atomic E-state index is -0.602. The summed E-state index contributed by atoms with van der Waals surface area (Å²) in [6.07, 6.45) is 2.49. The number of hydrogen-bond acceptors (Lipinski definition) is 6. The molecule has 2 aromatic heterocycles. The number of carbonyl (C=O) groups excluding carboxylic acids is 1. The number of rotatable bonds is 6. The van der Waals surface area contributed by atoms with Crippen molar-refractivity contribution in [1.82, 2.24) is 9.13 Å². The Hall–Kier alpha value is -4.17. The first-order valence-corrected chi connectivity index (χ1v) is 13.7. The lowest BCUT2D eigenvalue weighted by atomic mass is 9.95. The topological polar surface area (TPSA) is 68.8 Å². The summed E-state index contributed by atoms with van der Waals surface area (Å²) in [5.74, 6) is -0.470. The fourth-order valence-electron chi connectivity index (χ4n) is 5.19. The van der Waals surface area contributed by atoms with Crippen molar-refractivity contribution >= 4 is 29.1 Å². The highest BCUT2D eigenvalue weighted by Gasteiger charge is 2.33. The Kier molecular flexibility index (Phi) is 7.14. The molecule has 0 unspecified atom stereocenters.